The summed E-state index contributed by atoms with van der Waals surface area (Å²) in [6, 6.07) is 23.0. The summed E-state index contributed by atoms with van der Waals surface area (Å²) in [5.41, 5.74) is 5.22. The van der Waals surface area contributed by atoms with Gasteiger partial charge in [0.15, 0.2) is 0 Å². The van der Waals surface area contributed by atoms with E-state index < -0.39 is 0 Å². The third-order valence-electron chi connectivity index (χ3n) is 4.71. The molecule has 3 aromatic rings. The number of nitrogens with one attached hydrogen (secondary N) is 2. The number of carbonyl (C=O) groups excluding carboxylic acids is 1. The zero-order chi connectivity index (χ0) is 19.8. The van der Waals surface area contributed by atoms with Crippen LogP contribution in [0.2, 0.25) is 0 Å². The first kappa shape index (κ1) is 19.5. The molecule has 3 rings (SSSR count). The molecule has 0 saturated carbocycles. The highest BCUT2D eigenvalue weighted by Crippen LogP contribution is 2.17. The van der Waals surface area contributed by atoms with Crippen LogP contribution in [-0.4, -0.2) is 17.6 Å². The molecule has 0 aromatic heterocycles. The van der Waals surface area contributed by atoms with Crippen LogP contribution in [0.4, 0.5) is 5.69 Å². The van der Waals surface area contributed by atoms with E-state index in [2.05, 4.69) is 29.7 Å². The van der Waals surface area contributed by atoms with Gasteiger partial charge in [0.25, 0.3) is 5.91 Å². The Balaban J connectivity index is 1.54. The van der Waals surface area contributed by atoms with Gasteiger partial charge in [-0.2, -0.15) is 0 Å². The largest absolute Gasteiger partial charge is 0.508 e. The van der Waals surface area contributed by atoms with Crippen molar-refractivity contribution in [2.24, 2.45) is 0 Å². The maximum absolute atomic E-state index is 12.4. The van der Waals surface area contributed by atoms with E-state index in [0.29, 0.717) is 18.7 Å². The summed E-state index contributed by atoms with van der Waals surface area (Å²) in [5, 5.41) is 15.7. The fourth-order valence-electron chi connectivity index (χ4n) is 3.11. The van der Waals surface area contributed by atoms with Crippen LogP contribution in [0, 0.1) is 0 Å². The SMILES string of the molecule is CCc1ccccc1NCc1cccc(C(=O)NCCc2ccc(O)cc2)c1. The van der Waals surface area contributed by atoms with Crippen molar-refractivity contribution in [2.75, 3.05) is 11.9 Å². The summed E-state index contributed by atoms with van der Waals surface area (Å²) in [5.74, 6) is 0.175. The molecule has 3 N–H and O–H groups in total. The Hall–Kier alpha value is -3.27. The van der Waals surface area contributed by atoms with Gasteiger partial charge in [0, 0.05) is 24.3 Å². The van der Waals surface area contributed by atoms with E-state index in [4.69, 9.17) is 0 Å². The lowest BCUT2D eigenvalue weighted by Crippen LogP contribution is -2.25. The summed E-state index contributed by atoms with van der Waals surface area (Å²) in [6.07, 6.45) is 1.70. The van der Waals surface area contributed by atoms with Crippen LogP contribution < -0.4 is 10.6 Å². The molecule has 28 heavy (non-hydrogen) atoms. The number of aryl methyl sites for hydroxylation is 1. The molecule has 0 radical (unpaired) electrons. The number of hydrogen-bond acceptors (Lipinski definition) is 3. The van der Waals surface area contributed by atoms with E-state index in [0.717, 1.165) is 29.7 Å². The van der Waals surface area contributed by atoms with Crippen molar-refractivity contribution in [3.05, 3.63) is 95.1 Å². The number of phenolic OH excluding ortho intramolecular Hbond substituents is 1. The minimum absolute atomic E-state index is 0.0745. The highest BCUT2D eigenvalue weighted by atomic mass is 16.3. The molecular formula is C24H26N2O2. The monoisotopic (exact) mass is 374 g/mol. The first-order valence-electron chi connectivity index (χ1n) is 9.62. The maximum atomic E-state index is 12.4. The van der Waals surface area contributed by atoms with Crippen LogP contribution in [0.15, 0.2) is 72.8 Å². The fraction of sp³-hybridized carbons (Fsp3) is 0.208. The summed E-state index contributed by atoms with van der Waals surface area (Å²) >= 11 is 0. The molecule has 0 aliphatic carbocycles. The van der Waals surface area contributed by atoms with Crippen LogP contribution in [0.3, 0.4) is 0 Å². The second-order valence-corrected chi connectivity index (χ2v) is 6.74. The first-order chi connectivity index (χ1) is 13.7. The van der Waals surface area contributed by atoms with Crippen LogP contribution in [0.1, 0.15) is 34.0 Å². The van der Waals surface area contributed by atoms with Gasteiger partial charge in [0.2, 0.25) is 0 Å². The lowest BCUT2D eigenvalue weighted by atomic mass is 10.1. The zero-order valence-corrected chi connectivity index (χ0v) is 16.1. The van der Waals surface area contributed by atoms with Gasteiger partial charge in [-0.15, -0.1) is 0 Å². The summed E-state index contributed by atoms with van der Waals surface area (Å²) in [4.78, 5) is 12.4. The van der Waals surface area contributed by atoms with Gasteiger partial charge in [-0.1, -0.05) is 49.4 Å². The number of phenols is 1. The Morgan fingerprint density at radius 3 is 2.50 bits per heavy atom. The van der Waals surface area contributed by atoms with E-state index in [1.54, 1.807) is 12.1 Å². The van der Waals surface area contributed by atoms with Gasteiger partial charge in [0.05, 0.1) is 0 Å². The van der Waals surface area contributed by atoms with Gasteiger partial charge < -0.3 is 15.7 Å². The molecule has 0 spiro atoms. The molecule has 0 bridgehead atoms. The van der Waals surface area contributed by atoms with E-state index in [1.165, 1.54) is 5.56 Å². The minimum Gasteiger partial charge on any atom is -0.508 e. The van der Waals surface area contributed by atoms with Gasteiger partial charge in [-0.05, 0) is 59.9 Å². The number of rotatable bonds is 8. The highest BCUT2D eigenvalue weighted by molar-refractivity contribution is 5.94. The summed E-state index contributed by atoms with van der Waals surface area (Å²) in [6.45, 7) is 3.37. The van der Waals surface area contributed by atoms with Crippen LogP contribution in [0.25, 0.3) is 0 Å². The molecular weight excluding hydrogens is 348 g/mol. The smallest absolute Gasteiger partial charge is 0.251 e. The normalized spacial score (nSPS) is 10.5. The Labute approximate surface area is 166 Å². The molecule has 0 aliphatic heterocycles. The number of amides is 1. The number of anilines is 1. The minimum atomic E-state index is -0.0745. The van der Waals surface area contributed by atoms with E-state index >= 15 is 0 Å². The summed E-state index contributed by atoms with van der Waals surface area (Å²) < 4.78 is 0. The number of carbonyl (C=O) groups is 1. The van der Waals surface area contributed by atoms with E-state index in [1.807, 2.05) is 48.5 Å². The Kier molecular flexibility index (Phi) is 6.68. The quantitative estimate of drug-likeness (QED) is 0.542. The van der Waals surface area contributed by atoms with Crippen LogP contribution >= 0.6 is 0 Å². The number of hydrogen-bond donors (Lipinski definition) is 3. The van der Waals surface area contributed by atoms with Crippen LogP contribution in [0.5, 0.6) is 5.75 Å². The Bertz CT molecular complexity index is 920. The number of para-hydroxylation sites is 1. The molecule has 0 atom stereocenters. The maximum Gasteiger partial charge on any atom is 0.251 e. The first-order valence-corrected chi connectivity index (χ1v) is 9.62. The highest BCUT2D eigenvalue weighted by Gasteiger charge is 2.06. The zero-order valence-electron chi connectivity index (χ0n) is 16.1. The Morgan fingerprint density at radius 1 is 0.929 bits per heavy atom. The van der Waals surface area contributed by atoms with Crippen molar-refractivity contribution >= 4 is 11.6 Å². The molecule has 0 aliphatic rings. The molecule has 4 heteroatoms. The second kappa shape index (κ2) is 9.60. The average molecular weight is 374 g/mol. The second-order valence-electron chi connectivity index (χ2n) is 6.74. The van der Waals surface area contributed by atoms with Crippen molar-refractivity contribution in [1.29, 1.82) is 0 Å². The molecule has 144 valence electrons. The van der Waals surface area contributed by atoms with E-state index in [-0.39, 0.29) is 11.7 Å². The molecule has 1 amide bonds. The molecule has 3 aromatic carbocycles. The van der Waals surface area contributed by atoms with Crippen molar-refractivity contribution in [3.63, 3.8) is 0 Å². The van der Waals surface area contributed by atoms with Crippen molar-refractivity contribution in [3.8, 4) is 5.75 Å². The average Bonchev–Trinajstić information content (AvgIpc) is 2.74. The standard InChI is InChI=1S/C24H26N2O2/c1-2-20-7-3-4-9-23(20)26-17-19-6-5-8-21(16-19)24(28)25-15-14-18-10-12-22(27)13-11-18/h3-13,16,26-27H,2,14-15,17H2,1H3,(H,25,28). The van der Waals surface area contributed by atoms with Crippen molar-refractivity contribution < 1.29 is 9.90 Å². The molecule has 4 nitrogen and oxygen atoms in total. The third-order valence-corrected chi connectivity index (χ3v) is 4.71. The van der Waals surface area contributed by atoms with Gasteiger partial charge in [-0.3, -0.25) is 4.79 Å². The predicted octanol–water partition coefficient (Wildman–Crippen LogP) is 4.54. The molecule has 0 saturated heterocycles. The predicted molar refractivity (Wildman–Crippen MR) is 114 cm³/mol. The summed E-state index contributed by atoms with van der Waals surface area (Å²) in [7, 11) is 0. The molecule has 0 unspecified atom stereocenters. The van der Waals surface area contributed by atoms with Crippen molar-refractivity contribution in [2.45, 2.75) is 26.3 Å². The fourth-order valence-corrected chi connectivity index (χ4v) is 3.11. The van der Waals surface area contributed by atoms with E-state index in [9.17, 15) is 9.90 Å². The topological polar surface area (TPSA) is 61.4 Å². The molecule has 0 heterocycles. The number of benzene rings is 3. The van der Waals surface area contributed by atoms with Gasteiger partial charge in [0.1, 0.15) is 5.75 Å². The Morgan fingerprint density at radius 2 is 1.71 bits per heavy atom. The number of aromatic hydroxyl groups is 1. The van der Waals surface area contributed by atoms with Gasteiger partial charge in [-0.25, -0.2) is 0 Å². The van der Waals surface area contributed by atoms with Crippen LogP contribution in [-0.2, 0) is 19.4 Å². The lowest BCUT2D eigenvalue weighted by molar-refractivity contribution is 0.0954. The molecule has 0 fully saturated rings. The van der Waals surface area contributed by atoms with Gasteiger partial charge >= 0.3 is 0 Å². The lowest BCUT2D eigenvalue weighted by Gasteiger charge is -2.12. The van der Waals surface area contributed by atoms with Crippen molar-refractivity contribution in [1.82, 2.24) is 5.32 Å². The third kappa shape index (κ3) is 5.36.